The van der Waals surface area contributed by atoms with Crippen molar-refractivity contribution in [3.05, 3.63) is 47.5 Å². The van der Waals surface area contributed by atoms with Gasteiger partial charge in [-0.3, -0.25) is 4.90 Å². The first kappa shape index (κ1) is 22.2. The quantitative estimate of drug-likeness (QED) is 0.787. The average Bonchev–Trinajstić information content (AvgIpc) is 2.44. The smallest absolute Gasteiger partial charge is 0.314 e. The van der Waals surface area contributed by atoms with Crippen LogP contribution in [0, 0.1) is 0 Å². The number of piperazine rings is 1. The fourth-order valence-electron chi connectivity index (χ4n) is 2.81. The third-order valence-electron chi connectivity index (χ3n) is 3.76. The van der Waals surface area contributed by atoms with Crippen molar-refractivity contribution in [2.45, 2.75) is 25.6 Å². The van der Waals surface area contributed by atoms with Crippen molar-refractivity contribution in [1.82, 2.24) is 10.2 Å². The Morgan fingerprint density at radius 1 is 1.22 bits per heavy atom. The standard InChI is InChI=1S/C16H21F3N2.2ClH/c1-12(2)11-15(21-9-7-20-8-10-21)13-5-3-4-6-14(13)16(17,18)19;;/h3-6,15,20H,1,7-11H2,2H3;2*1H/t15-;;/m0../s1. The first-order valence-corrected chi connectivity index (χ1v) is 7.15. The van der Waals surface area contributed by atoms with Crippen LogP contribution in [0.15, 0.2) is 36.4 Å². The Kier molecular flexibility index (Phi) is 9.21. The molecule has 2 nitrogen and oxygen atoms in total. The fraction of sp³-hybridized carbons (Fsp3) is 0.500. The molecular formula is C16H23Cl2F3N2. The molecule has 0 spiro atoms. The highest BCUT2D eigenvalue weighted by atomic mass is 35.5. The highest BCUT2D eigenvalue weighted by Crippen LogP contribution is 2.38. The van der Waals surface area contributed by atoms with E-state index >= 15 is 0 Å². The lowest BCUT2D eigenvalue weighted by Crippen LogP contribution is -2.45. The van der Waals surface area contributed by atoms with E-state index < -0.39 is 11.7 Å². The Hall–Kier alpha value is -0.750. The Balaban J connectivity index is 0.00000242. The fourth-order valence-corrected chi connectivity index (χ4v) is 2.81. The molecule has 1 aromatic rings. The van der Waals surface area contributed by atoms with Crippen molar-refractivity contribution in [2.75, 3.05) is 26.2 Å². The molecule has 23 heavy (non-hydrogen) atoms. The predicted octanol–water partition coefficient (Wildman–Crippen LogP) is 4.46. The lowest BCUT2D eigenvalue weighted by atomic mass is 9.93. The zero-order valence-corrected chi connectivity index (χ0v) is 14.7. The van der Waals surface area contributed by atoms with E-state index in [0.717, 1.165) is 31.8 Å². The minimum atomic E-state index is -4.32. The summed E-state index contributed by atoms with van der Waals surface area (Å²) in [6.45, 7) is 8.87. The molecule has 1 atom stereocenters. The van der Waals surface area contributed by atoms with Gasteiger partial charge in [0.05, 0.1) is 5.56 Å². The van der Waals surface area contributed by atoms with Gasteiger partial charge in [0.2, 0.25) is 0 Å². The molecule has 2 rings (SSSR count). The second kappa shape index (κ2) is 9.52. The molecule has 0 amide bonds. The Morgan fingerprint density at radius 3 is 2.30 bits per heavy atom. The molecular weight excluding hydrogens is 348 g/mol. The largest absolute Gasteiger partial charge is 0.416 e. The zero-order chi connectivity index (χ0) is 15.5. The van der Waals surface area contributed by atoms with E-state index in [9.17, 15) is 13.2 Å². The summed E-state index contributed by atoms with van der Waals surface area (Å²) in [5.74, 6) is 0. The van der Waals surface area contributed by atoms with Gasteiger partial charge in [0.15, 0.2) is 0 Å². The molecule has 1 aromatic carbocycles. The van der Waals surface area contributed by atoms with Gasteiger partial charge in [-0.15, -0.1) is 31.4 Å². The molecule has 0 unspecified atom stereocenters. The molecule has 1 fully saturated rings. The van der Waals surface area contributed by atoms with Gasteiger partial charge >= 0.3 is 6.18 Å². The van der Waals surface area contributed by atoms with E-state index in [1.807, 2.05) is 6.92 Å². The molecule has 1 saturated heterocycles. The number of alkyl halides is 3. The number of nitrogens with zero attached hydrogens (tertiary/aromatic N) is 1. The molecule has 1 heterocycles. The molecule has 0 bridgehead atoms. The van der Waals surface area contributed by atoms with Gasteiger partial charge in [0.1, 0.15) is 0 Å². The lowest BCUT2D eigenvalue weighted by molar-refractivity contribution is -0.138. The number of halogens is 5. The van der Waals surface area contributed by atoms with Crippen molar-refractivity contribution in [2.24, 2.45) is 0 Å². The summed E-state index contributed by atoms with van der Waals surface area (Å²) < 4.78 is 39.8. The van der Waals surface area contributed by atoms with E-state index in [1.54, 1.807) is 12.1 Å². The van der Waals surface area contributed by atoms with Crippen LogP contribution in [-0.4, -0.2) is 31.1 Å². The van der Waals surface area contributed by atoms with E-state index in [1.165, 1.54) is 12.1 Å². The minimum absolute atomic E-state index is 0. The van der Waals surface area contributed by atoms with E-state index in [-0.39, 0.29) is 30.9 Å². The zero-order valence-electron chi connectivity index (χ0n) is 13.0. The Bertz CT molecular complexity index is 500. The SMILES string of the molecule is C=C(C)C[C@@H](c1ccccc1C(F)(F)F)N1CCNCC1.Cl.Cl. The molecule has 0 aromatic heterocycles. The number of benzene rings is 1. The van der Waals surface area contributed by atoms with Gasteiger partial charge in [-0.1, -0.05) is 23.8 Å². The maximum Gasteiger partial charge on any atom is 0.416 e. The van der Waals surface area contributed by atoms with Gasteiger partial charge in [-0.05, 0) is 25.0 Å². The van der Waals surface area contributed by atoms with Crippen LogP contribution in [-0.2, 0) is 6.18 Å². The summed E-state index contributed by atoms with van der Waals surface area (Å²) in [5.41, 5.74) is 0.722. The van der Waals surface area contributed by atoms with Crippen LogP contribution in [0.5, 0.6) is 0 Å². The Labute approximate surface area is 147 Å². The molecule has 0 saturated carbocycles. The normalized spacial score (nSPS) is 16.9. The van der Waals surface area contributed by atoms with Crippen molar-refractivity contribution in [1.29, 1.82) is 0 Å². The number of hydrogen-bond donors (Lipinski definition) is 1. The highest BCUT2D eigenvalue weighted by Gasteiger charge is 2.36. The van der Waals surface area contributed by atoms with E-state index in [0.29, 0.717) is 12.0 Å². The predicted molar refractivity (Wildman–Crippen MR) is 92.6 cm³/mol. The summed E-state index contributed by atoms with van der Waals surface area (Å²) in [6.07, 6.45) is -3.77. The maximum atomic E-state index is 13.3. The lowest BCUT2D eigenvalue weighted by Gasteiger charge is -2.36. The van der Waals surface area contributed by atoms with Crippen LogP contribution >= 0.6 is 24.8 Å². The molecule has 0 aliphatic carbocycles. The third-order valence-corrected chi connectivity index (χ3v) is 3.76. The summed E-state index contributed by atoms with van der Waals surface area (Å²) in [7, 11) is 0. The van der Waals surface area contributed by atoms with E-state index in [2.05, 4.69) is 16.8 Å². The second-order valence-electron chi connectivity index (χ2n) is 5.55. The van der Waals surface area contributed by atoms with Crippen LogP contribution in [0.1, 0.15) is 30.5 Å². The number of hydrogen-bond acceptors (Lipinski definition) is 2. The van der Waals surface area contributed by atoms with Crippen molar-refractivity contribution >= 4 is 24.8 Å². The van der Waals surface area contributed by atoms with Gasteiger partial charge in [0, 0.05) is 32.2 Å². The number of nitrogens with one attached hydrogen (secondary N) is 1. The second-order valence-corrected chi connectivity index (χ2v) is 5.55. The number of rotatable bonds is 4. The topological polar surface area (TPSA) is 15.3 Å². The molecule has 132 valence electrons. The summed E-state index contributed by atoms with van der Waals surface area (Å²) in [5, 5.41) is 3.23. The van der Waals surface area contributed by atoms with Crippen LogP contribution in [0.25, 0.3) is 0 Å². The van der Waals surface area contributed by atoms with Crippen LogP contribution < -0.4 is 5.32 Å². The molecule has 1 aliphatic rings. The maximum absolute atomic E-state index is 13.3. The monoisotopic (exact) mass is 370 g/mol. The van der Waals surface area contributed by atoms with Crippen LogP contribution in [0.3, 0.4) is 0 Å². The van der Waals surface area contributed by atoms with Crippen LogP contribution in [0.2, 0.25) is 0 Å². The van der Waals surface area contributed by atoms with Gasteiger partial charge in [0.25, 0.3) is 0 Å². The summed E-state index contributed by atoms with van der Waals surface area (Å²) >= 11 is 0. The van der Waals surface area contributed by atoms with Crippen molar-refractivity contribution < 1.29 is 13.2 Å². The van der Waals surface area contributed by atoms with Crippen LogP contribution in [0.4, 0.5) is 13.2 Å². The average molecular weight is 371 g/mol. The first-order chi connectivity index (χ1) is 9.89. The highest BCUT2D eigenvalue weighted by molar-refractivity contribution is 5.85. The first-order valence-electron chi connectivity index (χ1n) is 7.15. The summed E-state index contributed by atoms with van der Waals surface area (Å²) in [4.78, 5) is 2.12. The van der Waals surface area contributed by atoms with Gasteiger partial charge < -0.3 is 5.32 Å². The van der Waals surface area contributed by atoms with E-state index in [4.69, 9.17) is 0 Å². The van der Waals surface area contributed by atoms with Crippen molar-refractivity contribution in [3.8, 4) is 0 Å². The summed E-state index contributed by atoms with van der Waals surface area (Å²) in [6, 6.07) is 5.63. The third kappa shape index (κ3) is 5.99. The molecule has 1 N–H and O–H groups in total. The molecule has 0 radical (unpaired) electrons. The van der Waals surface area contributed by atoms with Crippen molar-refractivity contribution in [3.63, 3.8) is 0 Å². The van der Waals surface area contributed by atoms with Gasteiger partial charge in [-0.2, -0.15) is 13.2 Å². The Morgan fingerprint density at radius 2 is 1.78 bits per heavy atom. The van der Waals surface area contributed by atoms with Gasteiger partial charge in [-0.25, -0.2) is 0 Å². The molecule has 7 heteroatoms. The minimum Gasteiger partial charge on any atom is -0.314 e. The molecule has 1 aliphatic heterocycles.